The summed E-state index contributed by atoms with van der Waals surface area (Å²) in [7, 11) is 1.68. The molecule has 0 unspecified atom stereocenters. The molecule has 0 spiro atoms. The van der Waals surface area contributed by atoms with Crippen LogP contribution in [-0.2, 0) is 4.79 Å². The minimum absolute atomic E-state index is 0.0169. The van der Waals surface area contributed by atoms with Gasteiger partial charge in [0.2, 0.25) is 5.91 Å². The number of aryl methyl sites for hydroxylation is 2. The number of benzene rings is 1. The molecule has 0 aliphatic heterocycles. The van der Waals surface area contributed by atoms with E-state index in [1.807, 2.05) is 26.0 Å². The second-order valence-electron chi connectivity index (χ2n) is 4.03. The van der Waals surface area contributed by atoms with Gasteiger partial charge in [0.05, 0.1) is 7.11 Å². The van der Waals surface area contributed by atoms with Crippen LogP contribution in [0.3, 0.4) is 0 Å². The van der Waals surface area contributed by atoms with Crippen molar-refractivity contribution in [3.05, 3.63) is 34.9 Å². The molecule has 0 saturated carbocycles. The summed E-state index contributed by atoms with van der Waals surface area (Å²) in [6, 6.07) is 4.13. The van der Waals surface area contributed by atoms with E-state index in [-0.39, 0.29) is 5.91 Å². The average molecular weight is 233 g/mol. The van der Waals surface area contributed by atoms with E-state index in [1.165, 1.54) is 6.92 Å². The molecule has 0 heterocycles. The predicted molar refractivity (Wildman–Crippen MR) is 70.2 cm³/mol. The quantitative estimate of drug-likeness (QED) is 0.867. The Balaban J connectivity index is 2.76. The van der Waals surface area contributed by atoms with Crippen LogP contribution < -0.4 is 10.1 Å². The molecule has 92 valence electrons. The molecule has 1 aromatic carbocycles. The maximum Gasteiger partial charge on any atom is 0.217 e. The standard InChI is InChI=1S/C14H19NO2/c1-10-8-13(6-5-7-15-12(3)16)9-11(2)14(10)17-4/h5-6,8-9H,7H2,1-4H3,(H,15,16). The van der Waals surface area contributed by atoms with Gasteiger partial charge in [0.15, 0.2) is 0 Å². The van der Waals surface area contributed by atoms with E-state index in [2.05, 4.69) is 17.4 Å². The first-order chi connectivity index (χ1) is 8.04. The van der Waals surface area contributed by atoms with Gasteiger partial charge in [0.25, 0.3) is 0 Å². The molecule has 0 bridgehead atoms. The number of rotatable bonds is 4. The van der Waals surface area contributed by atoms with Crippen LogP contribution in [0, 0.1) is 13.8 Å². The summed E-state index contributed by atoms with van der Waals surface area (Å²) in [5, 5.41) is 2.72. The van der Waals surface area contributed by atoms with Gasteiger partial charge < -0.3 is 10.1 Å². The zero-order valence-electron chi connectivity index (χ0n) is 10.8. The van der Waals surface area contributed by atoms with Crippen LogP contribution >= 0.6 is 0 Å². The molecule has 0 saturated heterocycles. The van der Waals surface area contributed by atoms with Gasteiger partial charge in [-0.15, -0.1) is 0 Å². The van der Waals surface area contributed by atoms with Gasteiger partial charge in [-0.2, -0.15) is 0 Å². The summed E-state index contributed by atoms with van der Waals surface area (Å²) in [5.74, 6) is 0.917. The van der Waals surface area contributed by atoms with E-state index in [0.29, 0.717) is 6.54 Å². The van der Waals surface area contributed by atoms with Crippen LogP contribution in [-0.4, -0.2) is 19.6 Å². The molecule has 3 nitrogen and oxygen atoms in total. The number of amides is 1. The smallest absolute Gasteiger partial charge is 0.217 e. The van der Waals surface area contributed by atoms with Crippen LogP contribution in [0.4, 0.5) is 0 Å². The van der Waals surface area contributed by atoms with Gasteiger partial charge >= 0.3 is 0 Å². The monoisotopic (exact) mass is 233 g/mol. The lowest BCUT2D eigenvalue weighted by molar-refractivity contribution is -0.118. The lowest BCUT2D eigenvalue weighted by Crippen LogP contribution is -2.19. The lowest BCUT2D eigenvalue weighted by atomic mass is 10.1. The van der Waals surface area contributed by atoms with Crippen molar-refractivity contribution in [1.29, 1.82) is 0 Å². The second-order valence-corrected chi connectivity index (χ2v) is 4.03. The highest BCUT2D eigenvalue weighted by molar-refractivity contribution is 5.73. The van der Waals surface area contributed by atoms with E-state index in [9.17, 15) is 4.79 Å². The first kappa shape index (κ1) is 13.3. The fourth-order valence-corrected chi connectivity index (χ4v) is 1.80. The highest BCUT2D eigenvalue weighted by Crippen LogP contribution is 2.24. The largest absolute Gasteiger partial charge is 0.496 e. The third-order valence-corrected chi connectivity index (χ3v) is 2.47. The molecule has 1 rings (SSSR count). The number of carbonyl (C=O) groups excluding carboxylic acids is 1. The van der Waals surface area contributed by atoms with Gasteiger partial charge in [-0.3, -0.25) is 4.79 Å². The van der Waals surface area contributed by atoms with Crippen molar-refractivity contribution >= 4 is 12.0 Å². The van der Waals surface area contributed by atoms with Crippen LogP contribution in [0.5, 0.6) is 5.75 Å². The third kappa shape index (κ3) is 3.94. The molecule has 0 atom stereocenters. The fourth-order valence-electron chi connectivity index (χ4n) is 1.80. The van der Waals surface area contributed by atoms with Crippen molar-refractivity contribution in [2.75, 3.05) is 13.7 Å². The number of nitrogens with one attached hydrogen (secondary N) is 1. The van der Waals surface area contributed by atoms with E-state index >= 15 is 0 Å². The molecule has 0 aromatic heterocycles. The first-order valence-corrected chi connectivity index (χ1v) is 5.61. The number of hydrogen-bond acceptors (Lipinski definition) is 2. The first-order valence-electron chi connectivity index (χ1n) is 5.61. The topological polar surface area (TPSA) is 38.3 Å². The number of ether oxygens (including phenoxy) is 1. The Labute approximate surface area is 102 Å². The Bertz CT molecular complexity index is 413. The maximum absolute atomic E-state index is 10.7. The average Bonchev–Trinajstić information content (AvgIpc) is 2.24. The Morgan fingerprint density at radius 3 is 2.41 bits per heavy atom. The number of carbonyl (C=O) groups is 1. The molecule has 1 N–H and O–H groups in total. The lowest BCUT2D eigenvalue weighted by Gasteiger charge is -2.09. The Hall–Kier alpha value is -1.77. The molecule has 0 aliphatic carbocycles. The van der Waals surface area contributed by atoms with Crippen molar-refractivity contribution in [3.63, 3.8) is 0 Å². The van der Waals surface area contributed by atoms with E-state index < -0.39 is 0 Å². The van der Waals surface area contributed by atoms with Gasteiger partial charge in [-0.05, 0) is 42.7 Å². The summed E-state index contributed by atoms with van der Waals surface area (Å²) in [6.45, 7) is 6.11. The molecule has 1 amide bonds. The van der Waals surface area contributed by atoms with Crippen molar-refractivity contribution < 1.29 is 9.53 Å². The van der Waals surface area contributed by atoms with Gasteiger partial charge in [-0.1, -0.05) is 12.2 Å². The Morgan fingerprint density at radius 2 is 1.94 bits per heavy atom. The van der Waals surface area contributed by atoms with Crippen LogP contribution in [0.1, 0.15) is 23.6 Å². The normalized spacial score (nSPS) is 10.6. The summed E-state index contributed by atoms with van der Waals surface area (Å²) < 4.78 is 5.31. The molecular formula is C14H19NO2. The molecule has 1 aromatic rings. The molecule has 17 heavy (non-hydrogen) atoms. The zero-order chi connectivity index (χ0) is 12.8. The zero-order valence-corrected chi connectivity index (χ0v) is 10.8. The maximum atomic E-state index is 10.7. The van der Waals surface area contributed by atoms with Gasteiger partial charge in [0.1, 0.15) is 5.75 Å². The van der Waals surface area contributed by atoms with Crippen LogP contribution in [0.2, 0.25) is 0 Å². The van der Waals surface area contributed by atoms with Crippen molar-refractivity contribution in [1.82, 2.24) is 5.32 Å². The Kier molecular flexibility index (Phi) is 4.76. The van der Waals surface area contributed by atoms with Crippen molar-refractivity contribution in [3.8, 4) is 5.75 Å². The molecular weight excluding hydrogens is 214 g/mol. The number of hydrogen-bond donors (Lipinski definition) is 1. The SMILES string of the molecule is COc1c(C)cc(C=CCNC(C)=O)cc1C. The van der Waals surface area contributed by atoms with Crippen molar-refractivity contribution in [2.24, 2.45) is 0 Å². The summed E-state index contributed by atoms with van der Waals surface area (Å²) in [6.07, 6.45) is 3.93. The van der Waals surface area contributed by atoms with Gasteiger partial charge in [-0.25, -0.2) is 0 Å². The van der Waals surface area contributed by atoms with Crippen LogP contribution in [0.15, 0.2) is 18.2 Å². The third-order valence-electron chi connectivity index (χ3n) is 2.47. The fraction of sp³-hybridized carbons (Fsp3) is 0.357. The minimum Gasteiger partial charge on any atom is -0.496 e. The van der Waals surface area contributed by atoms with E-state index in [1.54, 1.807) is 7.11 Å². The second kappa shape index (κ2) is 6.09. The summed E-state index contributed by atoms with van der Waals surface area (Å²) >= 11 is 0. The van der Waals surface area contributed by atoms with Crippen LogP contribution in [0.25, 0.3) is 6.08 Å². The predicted octanol–water partition coefficient (Wildman–Crippen LogP) is 2.46. The summed E-state index contributed by atoms with van der Waals surface area (Å²) in [4.78, 5) is 10.7. The van der Waals surface area contributed by atoms with Crippen molar-refractivity contribution in [2.45, 2.75) is 20.8 Å². The van der Waals surface area contributed by atoms with E-state index in [4.69, 9.17) is 4.74 Å². The minimum atomic E-state index is -0.0169. The highest BCUT2D eigenvalue weighted by atomic mass is 16.5. The molecule has 0 fully saturated rings. The molecule has 0 aliphatic rings. The molecule has 0 radical (unpaired) electrons. The summed E-state index contributed by atoms with van der Waals surface area (Å²) in [5.41, 5.74) is 3.35. The Morgan fingerprint density at radius 1 is 1.35 bits per heavy atom. The number of methoxy groups -OCH3 is 1. The molecule has 3 heteroatoms. The van der Waals surface area contributed by atoms with E-state index in [0.717, 1.165) is 22.4 Å². The highest BCUT2D eigenvalue weighted by Gasteiger charge is 2.03. The van der Waals surface area contributed by atoms with Gasteiger partial charge in [0, 0.05) is 13.5 Å².